The van der Waals surface area contributed by atoms with E-state index in [1.165, 1.54) is 10.9 Å². The van der Waals surface area contributed by atoms with Gasteiger partial charge in [-0.3, -0.25) is 0 Å². The summed E-state index contributed by atoms with van der Waals surface area (Å²) in [5.74, 6) is -1.14. The zero-order valence-corrected chi connectivity index (χ0v) is 11.4. The molecule has 0 unspecified atom stereocenters. The maximum Gasteiger partial charge on any atom is 0.407 e. The molecule has 1 heterocycles. The lowest BCUT2D eigenvalue weighted by atomic mass is 10.2. The molecule has 0 radical (unpaired) electrons. The third kappa shape index (κ3) is 5.36. The number of hydrogen-bond donors (Lipinski definition) is 2. The van der Waals surface area contributed by atoms with Crippen LogP contribution in [-0.2, 0) is 11.3 Å². The lowest BCUT2D eigenvalue weighted by Gasteiger charge is -2.21. The first-order chi connectivity index (χ1) is 8.67. The van der Waals surface area contributed by atoms with Gasteiger partial charge in [-0.1, -0.05) is 5.21 Å². The van der Waals surface area contributed by atoms with E-state index in [0.717, 1.165) is 0 Å². The predicted molar refractivity (Wildman–Crippen MR) is 65.8 cm³/mol. The summed E-state index contributed by atoms with van der Waals surface area (Å²) in [7, 11) is 0. The van der Waals surface area contributed by atoms with Crippen molar-refractivity contribution in [3.05, 3.63) is 11.9 Å². The summed E-state index contributed by atoms with van der Waals surface area (Å²) in [4.78, 5) is 22.1. The van der Waals surface area contributed by atoms with Crippen LogP contribution in [0.5, 0.6) is 0 Å². The van der Waals surface area contributed by atoms with E-state index in [0.29, 0.717) is 6.54 Å². The van der Waals surface area contributed by atoms with Crippen LogP contribution < -0.4 is 5.32 Å². The Balaban J connectivity index is 2.48. The molecule has 19 heavy (non-hydrogen) atoms. The van der Waals surface area contributed by atoms with Gasteiger partial charge in [0.15, 0.2) is 5.69 Å². The molecule has 1 amide bonds. The molecule has 2 N–H and O–H groups in total. The standard InChI is InChI=1S/C11H18N4O4/c1-7(12-10(18)19-11(2,3)4)5-15-6-8(9(16)17)13-14-15/h6-7H,5H2,1-4H3,(H,12,18)(H,16,17)/t7-/m0/s1. The van der Waals surface area contributed by atoms with Gasteiger partial charge in [0.1, 0.15) is 5.60 Å². The lowest BCUT2D eigenvalue weighted by molar-refractivity contribution is 0.0502. The summed E-state index contributed by atoms with van der Waals surface area (Å²) in [5, 5.41) is 18.5. The molecule has 1 rings (SSSR count). The molecular weight excluding hydrogens is 252 g/mol. The molecule has 0 saturated heterocycles. The zero-order chi connectivity index (χ0) is 14.6. The quantitative estimate of drug-likeness (QED) is 0.841. The molecule has 106 valence electrons. The Morgan fingerprint density at radius 3 is 2.63 bits per heavy atom. The second-order valence-electron chi connectivity index (χ2n) is 5.18. The summed E-state index contributed by atoms with van der Waals surface area (Å²) in [6.45, 7) is 7.38. The average Bonchev–Trinajstić information content (AvgIpc) is 2.62. The van der Waals surface area contributed by atoms with Gasteiger partial charge in [0, 0.05) is 6.04 Å². The van der Waals surface area contributed by atoms with Gasteiger partial charge < -0.3 is 15.2 Å². The Bertz CT molecular complexity index is 464. The van der Waals surface area contributed by atoms with Crippen molar-refractivity contribution in [3.8, 4) is 0 Å². The van der Waals surface area contributed by atoms with E-state index in [1.807, 2.05) is 0 Å². The van der Waals surface area contributed by atoms with E-state index in [-0.39, 0.29) is 11.7 Å². The second-order valence-corrected chi connectivity index (χ2v) is 5.18. The Morgan fingerprint density at radius 1 is 1.53 bits per heavy atom. The number of alkyl carbamates (subject to hydrolysis) is 1. The number of carboxylic acids is 1. The SMILES string of the molecule is C[C@@H](Cn1cc(C(=O)O)nn1)NC(=O)OC(C)(C)C. The third-order valence-electron chi connectivity index (χ3n) is 1.98. The summed E-state index contributed by atoms with van der Waals surface area (Å²) >= 11 is 0. The number of carboxylic acid groups (broad SMARTS) is 1. The van der Waals surface area contributed by atoms with Gasteiger partial charge in [-0.2, -0.15) is 0 Å². The fourth-order valence-electron chi connectivity index (χ4n) is 1.32. The second kappa shape index (κ2) is 5.68. The van der Waals surface area contributed by atoms with Gasteiger partial charge in [-0.25, -0.2) is 14.3 Å². The zero-order valence-electron chi connectivity index (χ0n) is 11.4. The van der Waals surface area contributed by atoms with Crippen LogP contribution in [-0.4, -0.2) is 43.8 Å². The van der Waals surface area contributed by atoms with Crippen LogP contribution in [0.3, 0.4) is 0 Å². The van der Waals surface area contributed by atoms with Crippen molar-refractivity contribution in [1.29, 1.82) is 0 Å². The van der Waals surface area contributed by atoms with Crippen LogP contribution >= 0.6 is 0 Å². The highest BCUT2D eigenvalue weighted by Crippen LogP contribution is 2.06. The molecule has 1 atom stereocenters. The molecule has 8 heteroatoms. The molecule has 8 nitrogen and oxygen atoms in total. The largest absolute Gasteiger partial charge is 0.476 e. The van der Waals surface area contributed by atoms with Crippen molar-refractivity contribution in [1.82, 2.24) is 20.3 Å². The van der Waals surface area contributed by atoms with Crippen molar-refractivity contribution in [3.63, 3.8) is 0 Å². The Morgan fingerprint density at radius 2 is 2.16 bits per heavy atom. The van der Waals surface area contributed by atoms with Crippen LogP contribution in [0.15, 0.2) is 6.20 Å². The maximum atomic E-state index is 11.5. The number of ether oxygens (including phenoxy) is 1. The first-order valence-corrected chi connectivity index (χ1v) is 5.80. The Hall–Kier alpha value is -2.12. The van der Waals surface area contributed by atoms with Crippen molar-refractivity contribution in [2.45, 2.75) is 45.9 Å². The molecule has 0 aliphatic rings. The van der Waals surface area contributed by atoms with E-state index >= 15 is 0 Å². The Kier molecular flexibility index (Phi) is 4.47. The van der Waals surface area contributed by atoms with Crippen molar-refractivity contribution in [2.24, 2.45) is 0 Å². The highest BCUT2D eigenvalue weighted by atomic mass is 16.6. The highest BCUT2D eigenvalue weighted by Gasteiger charge is 2.18. The fourth-order valence-corrected chi connectivity index (χ4v) is 1.32. The van der Waals surface area contributed by atoms with E-state index in [4.69, 9.17) is 9.84 Å². The summed E-state index contributed by atoms with van der Waals surface area (Å²) < 4.78 is 6.45. The van der Waals surface area contributed by atoms with E-state index in [2.05, 4.69) is 15.6 Å². The monoisotopic (exact) mass is 270 g/mol. The van der Waals surface area contributed by atoms with Crippen LogP contribution in [0, 0.1) is 0 Å². The minimum absolute atomic E-state index is 0.135. The number of aromatic carboxylic acids is 1. The van der Waals surface area contributed by atoms with Gasteiger partial charge in [0.2, 0.25) is 0 Å². The van der Waals surface area contributed by atoms with Crippen molar-refractivity contribution >= 4 is 12.1 Å². The minimum Gasteiger partial charge on any atom is -0.476 e. The molecule has 1 aromatic heterocycles. The van der Waals surface area contributed by atoms with E-state index < -0.39 is 17.7 Å². The smallest absolute Gasteiger partial charge is 0.407 e. The first kappa shape index (κ1) is 14.9. The van der Waals surface area contributed by atoms with E-state index in [9.17, 15) is 9.59 Å². The van der Waals surface area contributed by atoms with Crippen molar-refractivity contribution in [2.75, 3.05) is 0 Å². The molecule has 0 bridgehead atoms. The number of carbonyl (C=O) groups is 2. The molecule has 0 saturated carbocycles. The number of aromatic nitrogens is 3. The molecule has 0 aromatic carbocycles. The number of nitrogens with one attached hydrogen (secondary N) is 1. The number of rotatable bonds is 4. The fraction of sp³-hybridized carbons (Fsp3) is 0.636. The Labute approximate surface area is 110 Å². The van der Waals surface area contributed by atoms with E-state index in [1.54, 1.807) is 27.7 Å². The van der Waals surface area contributed by atoms with Crippen LogP contribution in [0.25, 0.3) is 0 Å². The first-order valence-electron chi connectivity index (χ1n) is 5.80. The van der Waals surface area contributed by atoms with Crippen LogP contribution in [0.2, 0.25) is 0 Å². The molecule has 0 spiro atoms. The summed E-state index contributed by atoms with van der Waals surface area (Å²) in [5.41, 5.74) is -0.697. The van der Waals surface area contributed by atoms with Gasteiger partial charge in [-0.15, -0.1) is 5.10 Å². The van der Waals surface area contributed by atoms with Crippen LogP contribution in [0.1, 0.15) is 38.2 Å². The third-order valence-corrected chi connectivity index (χ3v) is 1.98. The van der Waals surface area contributed by atoms with Gasteiger partial charge in [-0.05, 0) is 27.7 Å². The average molecular weight is 270 g/mol. The molecule has 0 fully saturated rings. The topological polar surface area (TPSA) is 106 Å². The van der Waals surface area contributed by atoms with Gasteiger partial charge in [0.25, 0.3) is 0 Å². The highest BCUT2D eigenvalue weighted by molar-refractivity contribution is 5.84. The molecule has 1 aromatic rings. The minimum atomic E-state index is -1.14. The molecular formula is C11H18N4O4. The summed E-state index contributed by atoms with van der Waals surface area (Å²) in [6, 6.07) is -0.266. The van der Waals surface area contributed by atoms with Gasteiger partial charge in [0.05, 0.1) is 12.7 Å². The number of carbonyl (C=O) groups excluding carboxylic acids is 1. The molecule has 0 aliphatic heterocycles. The number of amides is 1. The van der Waals surface area contributed by atoms with Gasteiger partial charge >= 0.3 is 12.1 Å². The number of hydrogen-bond acceptors (Lipinski definition) is 5. The lowest BCUT2D eigenvalue weighted by Crippen LogP contribution is -2.39. The van der Waals surface area contributed by atoms with Crippen molar-refractivity contribution < 1.29 is 19.4 Å². The maximum absolute atomic E-state index is 11.5. The normalized spacial score (nSPS) is 12.8. The number of nitrogens with zero attached hydrogens (tertiary/aromatic N) is 3. The van der Waals surface area contributed by atoms with Crippen LogP contribution in [0.4, 0.5) is 4.79 Å². The summed E-state index contributed by atoms with van der Waals surface area (Å²) in [6.07, 6.45) is 0.772. The molecule has 0 aliphatic carbocycles. The predicted octanol–water partition coefficient (Wildman–Crippen LogP) is 0.889.